The molecule has 1 aliphatic rings. The van der Waals surface area contributed by atoms with Crippen LogP contribution in [0.25, 0.3) is 6.08 Å². The first kappa shape index (κ1) is 21.0. The van der Waals surface area contributed by atoms with Gasteiger partial charge in [0, 0.05) is 0 Å². The third kappa shape index (κ3) is 4.41. The lowest BCUT2D eigenvalue weighted by Gasteiger charge is -2.10. The van der Waals surface area contributed by atoms with Crippen LogP contribution in [0.5, 0.6) is 11.5 Å². The number of esters is 2. The summed E-state index contributed by atoms with van der Waals surface area (Å²) >= 11 is 0. The summed E-state index contributed by atoms with van der Waals surface area (Å²) in [5.41, 5.74) is 2.02. The number of aliphatic imine (C=N–C) groups is 1. The Balaban J connectivity index is 1.59. The predicted molar refractivity (Wildman–Crippen MR) is 116 cm³/mol. The molecule has 0 radical (unpaired) electrons. The highest BCUT2D eigenvalue weighted by atomic mass is 19.1. The zero-order chi connectivity index (χ0) is 22.7. The summed E-state index contributed by atoms with van der Waals surface area (Å²) in [4.78, 5) is 28.7. The van der Waals surface area contributed by atoms with Gasteiger partial charge in [0.1, 0.15) is 5.82 Å². The molecule has 7 heteroatoms. The highest BCUT2D eigenvalue weighted by molar-refractivity contribution is 6.13. The molecule has 0 atom stereocenters. The van der Waals surface area contributed by atoms with E-state index in [4.69, 9.17) is 14.2 Å². The van der Waals surface area contributed by atoms with E-state index in [2.05, 4.69) is 4.99 Å². The fourth-order valence-corrected chi connectivity index (χ4v) is 3.11. The molecule has 0 aromatic heterocycles. The minimum Gasteiger partial charge on any atom is -0.493 e. The normalized spacial score (nSPS) is 14.2. The van der Waals surface area contributed by atoms with Crippen molar-refractivity contribution in [1.82, 2.24) is 0 Å². The summed E-state index contributed by atoms with van der Waals surface area (Å²) in [5, 5.41) is 0. The van der Waals surface area contributed by atoms with Gasteiger partial charge >= 0.3 is 11.9 Å². The molecule has 0 bridgehead atoms. The average Bonchev–Trinajstić information content (AvgIpc) is 3.14. The summed E-state index contributed by atoms with van der Waals surface area (Å²) in [6.45, 7) is 1.88. The van der Waals surface area contributed by atoms with E-state index in [1.165, 1.54) is 31.4 Å². The van der Waals surface area contributed by atoms with Gasteiger partial charge < -0.3 is 14.2 Å². The first-order valence-electron chi connectivity index (χ1n) is 9.69. The molecular formula is C25H18FNO5. The molecule has 6 nitrogen and oxygen atoms in total. The van der Waals surface area contributed by atoms with Crippen molar-refractivity contribution >= 4 is 23.9 Å². The summed E-state index contributed by atoms with van der Waals surface area (Å²) < 4.78 is 29.9. The number of halogens is 1. The van der Waals surface area contributed by atoms with Crippen LogP contribution < -0.4 is 9.47 Å². The average molecular weight is 431 g/mol. The first-order valence-corrected chi connectivity index (χ1v) is 9.69. The second-order valence-corrected chi connectivity index (χ2v) is 6.99. The fraction of sp³-hybridized carbons (Fsp3) is 0.0800. The van der Waals surface area contributed by atoms with Crippen molar-refractivity contribution in [3.8, 4) is 11.5 Å². The molecule has 4 rings (SSSR count). The molecule has 1 heterocycles. The number of hydrogen-bond donors (Lipinski definition) is 0. The monoisotopic (exact) mass is 431 g/mol. The number of carbonyl (C=O) groups is 2. The van der Waals surface area contributed by atoms with Crippen molar-refractivity contribution in [2.45, 2.75) is 6.92 Å². The molecule has 0 spiro atoms. The Morgan fingerprint density at radius 2 is 1.84 bits per heavy atom. The van der Waals surface area contributed by atoms with Crippen LogP contribution in [-0.2, 0) is 9.53 Å². The Morgan fingerprint density at radius 1 is 1.03 bits per heavy atom. The van der Waals surface area contributed by atoms with Gasteiger partial charge in [0.15, 0.2) is 17.2 Å². The van der Waals surface area contributed by atoms with Crippen LogP contribution in [0.3, 0.4) is 0 Å². The highest BCUT2D eigenvalue weighted by Crippen LogP contribution is 2.30. The number of ether oxygens (including phenoxy) is 3. The molecule has 3 aromatic rings. The van der Waals surface area contributed by atoms with E-state index < -0.39 is 17.8 Å². The van der Waals surface area contributed by atoms with Gasteiger partial charge in [-0.25, -0.2) is 19.0 Å². The van der Waals surface area contributed by atoms with Gasteiger partial charge in [0.25, 0.3) is 0 Å². The molecule has 0 aliphatic carbocycles. The van der Waals surface area contributed by atoms with Crippen LogP contribution in [0.1, 0.15) is 27.0 Å². The number of carbonyl (C=O) groups excluding carboxylic acids is 2. The Labute approximate surface area is 183 Å². The number of methoxy groups -OCH3 is 1. The van der Waals surface area contributed by atoms with E-state index in [0.717, 1.165) is 5.56 Å². The van der Waals surface area contributed by atoms with Crippen molar-refractivity contribution in [3.63, 3.8) is 0 Å². The predicted octanol–water partition coefficient (Wildman–Crippen LogP) is 4.71. The minimum atomic E-state index is -0.697. The van der Waals surface area contributed by atoms with Crippen LogP contribution in [0.15, 0.2) is 77.4 Å². The number of cyclic esters (lactones) is 1. The third-order valence-corrected chi connectivity index (χ3v) is 4.67. The van der Waals surface area contributed by atoms with Crippen molar-refractivity contribution < 1.29 is 28.2 Å². The maximum absolute atomic E-state index is 14.0. The second kappa shape index (κ2) is 8.85. The lowest BCUT2D eigenvalue weighted by molar-refractivity contribution is -0.129. The van der Waals surface area contributed by atoms with Crippen molar-refractivity contribution in [2.24, 2.45) is 4.99 Å². The number of rotatable bonds is 5. The van der Waals surface area contributed by atoms with Crippen molar-refractivity contribution in [2.75, 3.05) is 7.11 Å². The van der Waals surface area contributed by atoms with Crippen molar-refractivity contribution in [1.29, 1.82) is 0 Å². The molecule has 1 aliphatic heterocycles. The van der Waals surface area contributed by atoms with Crippen LogP contribution in [0, 0.1) is 12.7 Å². The topological polar surface area (TPSA) is 74.2 Å². The largest absolute Gasteiger partial charge is 0.493 e. The fourth-order valence-electron chi connectivity index (χ4n) is 3.11. The lowest BCUT2D eigenvalue weighted by atomic mass is 10.1. The number of hydrogen-bond acceptors (Lipinski definition) is 6. The van der Waals surface area contributed by atoms with E-state index in [1.54, 1.807) is 42.5 Å². The molecule has 0 saturated carbocycles. The Kier molecular flexibility index (Phi) is 5.81. The summed E-state index contributed by atoms with van der Waals surface area (Å²) in [6.07, 6.45) is 1.48. The van der Waals surface area contributed by atoms with Crippen molar-refractivity contribution in [3.05, 3.63) is 100 Å². The Morgan fingerprint density at radius 3 is 2.59 bits per heavy atom. The minimum absolute atomic E-state index is 0.00908. The molecule has 0 fully saturated rings. The molecule has 160 valence electrons. The van der Waals surface area contributed by atoms with Crippen LogP contribution in [-0.4, -0.2) is 24.9 Å². The zero-order valence-electron chi connectivity index (χ0n) is 17.3. The first-order chi connectivity index (χ1) is 15.4. The maximum atomic E-state index is 14.0. The quantitative estimate of drug-likeness (QED) is 0.332. The molecule has 3 aromatic carbocycles. The van der Waals surface area contributed by atoms with Gasteiger partial charge in [-0.3, -0.25) is 0 Å². The van der Waals surface area contributed by atoms with E-state index in [1.807, 2.05) is 13.0 Å². The second-order valence-electron chi connectivity index (χ2n) is 6.99. The molecule has 32 heavy (non-hydrogen) atoms. The van der Waals surface area contributed by atoms with E-state index in [9.17, 15) is 14.0 Å². The molecule has 0 unspecified atom stereocenters. The zero-order valence-corrected chi connectivity index (χ0v) is 17.3. The van der Waals surface area contributed by atoms with E-state index >= 15 is 0 Å². The van der Waals surface area contributed by atoms with Gasteiger partial charge in [0.2, 0.25) is 5.90 Å². The van der Waals surface area contributed by atoms with Gasteiger partial charge in [-0.2, -0.15) is 0 Å². The van der Waals surface area contributed by atoms with Gasteiger partial charge in [-0.05, 0) is 55.0 Å². The summed E-state index contributed by atoms with van der Waals surface area (Å²) in [6, 6.07) is 17.7. The summed E-state index contributed by atoms with van der Waals surface area (Å²) in [7, 11) is 1.44. The smallest absolute Gasteiger partial charge is 0.363 e. The highest BCUT2D eigenvalue weighted by Gasteiger charge is 2.26. The molecule has 0 N–H and O–H groups in total. The third-order valence-electron chi connectivity index (χ3n) is 4.67. The number of nitrogens with zero attached hydrogens (tertiary/aromatic N) is 1. The number of benzene rings is 3. The standard InChI is InChI=1S/C25H18FNO5/c1-15-6-5-7-17(12-15)24(28)31-21-11-10-16(14-22(21)30-2)13-20-25(29)32-23(27-20)18-8-3-4-9-19(18)26/h3-14H,1-2H3/b20-13-. The SMILES string of the molecule is COc1cc(/C=C2\N=C(c3ccccc3F)OC2=O)ccc1OC(=O)c1cccc(C)c1. The van der Waals surface area contributed by atoms with E-state index in [-0.39, 0.29) is 22.9 Å². The molecule has 0 saturated heterocycles. The Hall–Kier alpha value is -4.26. The Bertz CT molecular complexity index is 1280. The maximum Gasteiger partial charge on any atom is 0.363 e. The molecular weight excluding hydrogens is 413 g/mol. The summed E-state index contributed by atoms with van der Waals surface area (Å²) in [5.74, 6) is -1.33. The van der Waals surface area contributed by atoms with Gasteiger partial charge in [-0.1, -0.05) is 35.9 Å². The van der Waals surface area contributed by atoms with E-state index in [0.29, 0.717) is 16.9 Å². The lowest BCUT2D eigenvalue weighted by Crippen LogP contribution is -2.09. The molecule has 0 amide bonds. The van der Waals surface area contributed by atoms with Gasteiger partial charge in [-0.15, -0.1) is 0 Å². The van der Waals surface area contributed by atoms with Gasteiger partial charge in [0.05, 0.1) is 18.2 Å². The van der Waals surface area contributed by atoms with Crippen LogP contribution in [0.4, 0.5) is 4.39 Å². The van der Waals surface area contributed by atoms with Crippen LogP contribution in [0.2, 0.25) is 0 Å². The van der Waals surface area contributed by atoms with Crippen LogP contribution >= 0.6 is 0 Å². The number of aryl methyl sites for hydroxylation is 1.